The summed E-state index contributed by atoms with van der Waals surface area (Å²) in [6, 6.07) is 11.5. The standard InChI is InChI=1S/C19H20N2O4/c1-2-14-4-3-10-20-16(14)9-11-24-15-7-5-13(6-8-15)12-17-18(22)21-19(23)25-17/h3-8,10,17H,2,9,11-12H2,1H3,(H,21,22,23). The number of nitrogens with one attached hydrogen (secondary N) is 1. The van der Waals surface area contributed by atoms with E-state index in [0.29, 0.717) is 13.0 Å². The normalized spacial score (nSPS) is 16.4. The van der Waals surface area contributed by atoms with E-state index in [-0.39, 0.29) is 0 Å². The second-order valence-electron chi connectivity index (χ2n) is 5.79. The molecular formula is C19H20N2O4. The van der Waals surface area contributed by atoms with Gasteiger partial charge in [-0.15, -0.1) is 0 Å². The Morgan fingerprint density at radius 2 is 2.00 bits per heavy atom. The first-order chi connectivity index (χ1) is 12.2. The van der Waals surface area contributed by atoms with E-state index < -0.39 is 18.1 Å². The number of alkyl carbamates (subject to hydrolysis) is 1. The Hall–Kier alpha value is -2.89. The van der Waals surface area contributed by atoms with Crippen LogP contribution in [0.2, 0.25) is 0 Å². The van der Waals surface area contributed by atoms with Crippen LogP contribution in [0.25, 0.3) is 0 Å². The van der Waals surface area contributed by atoms with Crippen molar-refractivity contribution in [2.24, 2.45) is 0 Å². The highest BCUT2D eigenvalue weighted by atomic mass is 16.6. The maximum absolute atomic E-state index is 11.5. The maximum Gasteiger partial charge on any atom is 0.414 e. The van der Waals surface area contributed by atoms with Gasteiger partial charge in [0, 0.05) is 24.7 Å². The van der Waals surface area contributed by atoms with E-state index in [2.05, 4.69) is 23.3 Å². The van der Waals surface area contributed by atoms with Crippen LogP contribution in [0.3, 0.4) is 0 Å². The number of amides is 2. The number of imide groups is 1. The van der Waals surface area contributed by atoms with Crippen molar-refractivity contribution in [3.63, 3.8) is 0 Å². The third kappa shape index (κ3) is 4.35. The molecule has 0 radical (unpaired) electrons. The molecule has 2 aromatic rings. The molecule has 6 heteroatoms. The van der Waals surface area contributed by atoms with Crippen LogP contribution in [-0.2, 0) is 28.8 Å². The molecule has 1 N–H and O–H groups in total. The molecule has 1 fully saturated rings. The number of carbonyl (C=O) groups is 2. The van der Waals surface area contributed by atoms with Gasteiger partial charge in [-0.05, 0) is 35.7 Å². The minimum atomic E-state index is -0.754. The average molecular weight is 340 g/mol. The van der Waals surface area contributed by atoms with Gasteiger partial charge in [-0.25, -0.2) is 4.79 Å². The summed E-state index contributed by atoms with van der Waals surface area (Å²) < 4.78 is 10.7. The number of cyclic esters (lactones) is 1. The van der Waals surface area contributed by atoms with Gasteiger partial charge in [-0.3, -0.25) is 15.1 Å². The molecule has 1 saturated heterocycles. The van der Waals surface area contributed by atoms with E-state index in [1.54, 1.807) is 6.20 Å². The molecule has 3 rings (SSSR count). The Labute approximate surface area is 146 Å². The largest absolute Gasteiger partial charge is 0.493 e. The van der Waals surface area contributed by atoms with Crippen molar-refractivity contribution in [3.05, 3.63) is 59.4 Å². The topological polar surface area (TPSA) is 77.5 Å². The molecule has 25 heavy (non-hydrogen) atoms. The minimum absolute atomic E-state index is 0.353. The van der Waals surface area contributed by atoms with E-state index in [0.717, 1.165) is 29.8 Å². The van der Waals surface area contributed by atoms with Crippen molar-refractivity contribution in [1.82, 2.24) is 10.3 Å². The minimum Gasteiger partial charge on any atom is -0.493 e. The zero-order valence-electron chi connectivity index (χ0n) is 14.0. The molecule has 1 aliphatic rings. The lowest BCUT2D eigenvalue weighted by molar-refractivity contribution is -0.123. The lowest BCUT2D eigenvalue weighted by Gasteiger charge is -2.10. The molecule has 0 aliphatic carbocycles. The van der Waals surface area contributed by atoms with E-state index in [4.69, 9.17) is 9.47 Å². The fourth-order valence-electron chi connectivity index (χ4n) is 2.75. The van der Waals surface area contributed by atoms with Crippen molar-refractivity contribution >= 4 is 12.0 Å². The monoisotopic (exact) mass is 340 g/mol. The quantitative estimate of drug-likeness (QED) is 0.838. The summed E-state index contributed by atoms with van der Waals surface area (Å²) in [6.45, 7) is 2.66. The van der Waals surface area contributed by atoms with Gasteiger partial charge in [0.2, 0.25) is 0 Å². The highest BCUT2D eigenvalue weighted by Crippen LogP contribution is 2.16. The van der Waals surface area contributed by atoms with Gasteiger partial charge >= 0.3 is 6.09 Å². The molecule has 1 unspecified atom stereocenters. The van der Waals surface area contributed by atoms with Gasteiger partial charge in [-0.1, -0.05) is 25.1 Å². The maximum atomic E-state index is 11.5. The van der Waals surface area contributed by atoms with Crippen LogP contribution in [0, 0.1) is 0 Å². The van der Waals surface area contributed by atoms with Gasteiger partial charge in [0.1, 0.15) is 5.75 Å². The third-order valence-corrected chi connectivity index (χ3v) is 4.08. The average Bonchev–Trinajstić information content (AvgIpc) is 2.94. The molecule has 0 spiro atoms. The number of rotatable bonds is 7. The van der Waals surface area contributed by atoms with Crippen molar-refractivity contribution in [2.75, 3.05) is 6.61 Å². The molecule has 1 aromatic carbocycles. The van der Waals surface area contributed by atoms with Crippen LogP contribution in [0.15, 0.2) is 42.6 Å². The Balaban J connectivity index is 1.51. The Morgan fingerprint density at radius 1 is 1.20 bits per heavy atom. The molecule has 130 valence electrons. The van der Waals surface area contributed by atoms with Gasteiger partial charge in [0.25, 0.3) is 5.91 Å². The van der Waals surface area contributed by atoms with Crippen molar-refractivity contribution < 1.29 is 19.1 Å². The zero-order chi connectivity index (χ0) is 17.6. The SMILES string of the molecule is CCc1cccnc1CCOc1ccc(CC2OC(=O)NC2=O)cc1. The lowest BCUT2D eigenvalue weighted by atomic mass is 10.1. The molecule has 0 bridgehead atoms. The van der Waals surface area contributed by atoms with Crippen molar-refractivity contribution in [1.29, 1.82) is 0 Å². The first-order valence-corrected chi connectivity index (χ1v) is 8.31. The molecule has 6 nitrogen and oxygen atoms in total. The first kappa shape index (κ1) is 17.0. The molecule has 2 heterocycles. The highest BCUT2D eigenvalue weighted by Gasteiger charge is 2.31. The summed E-state index contributed by atoms with van der Waals surface area (Å²) in [6.07, 6.45) is 2.43. The van der Waals surface area contributed by atoms with E-state index in [1.165, 1.54) is 5.56 Å². The summed E-state index contributed by atoms with van der Waals surface area (Å²) in [5.74, 6) is 0.359. The summed E-state index contributed by atoms with van der Waals surface area (Å²) in [7, 11) is 0. The summed E-state index contributed by atoms with van der Waals surface area (Å²) in [4.78, 5) is 26.9. The van der Waals surface area contributed by atoms with E-state index >= 15 is 0 Å². The Kier molecular flexibility index (Phi) is 5.28. The Morgan fingerprint density at radius 3 is 2.68 bits per heavy atom. The number of pyridine rings is 1. The second kappa shape index (κ2) is 7.79. The molecule has 1 aliphatic heterocycles. The molecule has 2 amide bonds. The zero-order valence-corrected chi connectivity index (χ0v) is 14.0. The molecule has 1 atom stereocenters. The fraction of sp³-hybridized carbons (Fsp3) is 0.316. The van der Waals surface area contributed by atoms with E-state index in [1.807, 2.05) is 30.3 Å². The summed E-state index contributed by atoms with van der Waals surface area (Å²) >= 11 is 0. The number of aryl methyl sites for hydroxylation is 1. The second-order valence-corrected chi connectivity index (χ2v) is 5.79. The first-order valence-electron chi connectivity index (χ1n) is 8.31. The number of ether oxygens (including phenoxy) is 2. The number of carbonyl (C=O) groups excluding carboxylic acids is 2. The summed E-state index contributed by atoms with van der Waals surface area (Å²) in [5.41, 5.74) is 3.21. The molecular weight excluding hydrogens is 320 g/mol. The predicted molar refractivity (Wildman–Crippen MR) is 91.4 cm³/mol. The number of benzene rings is 1. The molecule has 0 saturated carbocycles. The summed E-state index contributed by atoms with van der Waals surface area (Å²) in [5, 5.41) is 2.12. The fourth-order valence-corrected chi connectivity index (χ4v) is 2.75. The third-order valence-electron chi connectivity index (χ3n) is 4.08. The lowest BCUT2D eigenvalue weighted by Crippen LogP contribution is -2.25. The van der Waals surface area contributed by atoms with Crippen LogP contribution in [0.1, 0.15) is 23.7 Å². The number of hydrogen-bond acceptors (Lipinski definition) is 5. The number of aromatic nitrogens is 1. The van der Waals surface area contributed by atoms with Gasteiger partial charge in [0.15, 0.2) is 6.10 Å². The van der Waals surface area contributed by atoms with Gasteiger partial charge in [0.05, 0.1) is 6.61 Å². The predicted octanol–water partition coefficient (Wildman–Crippen LogP) is 2.44. The van der Waals surface area contributed by atoms with Crippen LogP contribution >= 0.6 is 0 Å². The van der Waals surface area contributed by atoms with Gasteiger partial charge < -0.3 is 9.47 Å². The van der Waals surface area contributed by atoms with Crippen molar-refractivity contribution in [2.45, 2.75) is 32.3 Å². The highest BCUT2D eigenvalue weighted by molar-refractivity contribution is 6.00. The van der Waals surface area contributed by atoms with Crippen LogP contribution in [0.4, 0.5) is 4.79 Å². The van der Waals surface area contributed by atoms with Crippen LogP contribution < -0.4 is 10.1 Å². The van der Waals surface area contributed by atoms with Gasteiger partial charge in [-0.2, -0.15) is 0 Å². The van der Waals surface area contributed by atoms with Crippen LogP contribution in [-0.4, -0.2) is 29.7 Å². The number of hydrogen-bond donors (Lipinski definition) is 1. The van der Waals surface area contributed by atoms with Crippen molar-refractivity contribution in [3.8, 4) is 5.75 Å². The van der Waals surface area contributed by atoms with Crippen LogP contribution in [0.5, 0.6) is 5.75 Å². The smallest absolute Gasteiger partial charge is 0.414 e. The Bertz CT molecular complexity index is 758. The van der Waals surface area contributed by atoms with E-state index in [9.17, 15) is 9.59 Å². The molecule has 1 aromatic heterocycles. The number of nitrogens with zero attached hydrogens (tertiary/aromatic N) is 1.